The SMILES string of the molecule is C=Cc1ccc(C2(C#N)CCN(CC(=O)O)CC2)cc1OC1CCCC1. The molecule has 2 fully saturated rings. The van der Waals surface area contributed by atoms with E-state index in [-0.39, 0.29) is 12.6 Å². The maximum absolute atomic E-state index is 10.9. The van der Waals surface area contributed by atoms with Crippen molar-refractivity contribution in [2.24, 2.45) is 0 Å². The molecule has 5 nitrogen and oxygen atoms in total. The summed E-state index contributed by atoms with van der Waals surface area (Å²) < 4.78 is 6.22. The van der Waals surface area contributed by atoms with Crippen molar-refractivity contribution < 1.29 is 14.6 Å². The summed E-state index contributed by atoms with van der Waals surface area (Å²) in [5.41, 5.74) is 1.34. The van der Waals surface area contributed by atoms with Crippen LogP contribution in [0.15, 0.2) is 24.8 Å². The molecule has 0 aromatic heterocycles. The molecule has 2 aliphatic rings. The Labute approximate surface area is 154 Å². The number of aliphatic carboxylic acids is 1. The lowest BCUT2D eigenvalue weighted by Crippen LogP contribution is -2.43. The number of hydrogen-bond donors (Lipinski definition) is 1. The van der Waals surface area contributed by atoms with Gasteiger partial charge in [0.2, 0.25) is 0 Å². The van der Waals surface area contributed by atoms with Gasteiger partial charge in [-0.3, -0.25) is 9.69 Å². The molecule has 5 heteroatoms. The van der Waals surface area contributed by atoms with Crippen molar-refractivity contribution in [1.82, 2.24) is 4.90 Å². The Morgan fingerprint density at radius 3 is 2.65 bits per heavy atom. The van der Waals surface area contributed by atoms with Gasteiger partial charge in [-0.15, -0.1) is 0 Å². The standard InChI is InChI=1S/C21H26N2O3/c1-2-16-7-8-17(13-19(16)26-18-5-3-4-6-18)21(15-22)9-11-23(12-10-21)14-20(24)25/h2,7-8,13,18H,1,3-6,9-12,14H2,(H,24,25). The lowest BCUT2D eigenvalue weighted by Gasteiger charge is -2.37. The molecule has 3 rings (SSSR count). The van der Waals surface area contributed by atoms with E-state index in [1.165, 1.54) is 12.8 Å². The van der Waals surface area contributed by atoms with Crippen LogP contribution in [0.3, 0.4) is 0 Å². The van der Waals surface area contributed by atoms with Crippen LogP contribution >= 0.6 is 0 Å². The van der Waals surface area contributed by atoms with Crippen molar-refractivity contribution in [3.63, 3.8) is 0 Å². The fourth-order valence-corrected chi connectivity index (χ4v) is 4.04. The van der Waals surface area contributed by atoms with E-state index >= 15 is 0 Å². The summed E-state index contributed by atoms with van der Waals surface area (Å²) in [5.74, 6) is -0.0102. The first-order valence-electron chi connectivity index (χ1n) is 9.35. The summed E-state index contributed by atoms with van der Waals surface area (Å²) in [6, 6.07) is 8.49. The molecule has 0 bridgehead atoms. The van der Waals surface area contributed by atoms with Crippen LogP contribution in [0, 0.1) is 11.3 Å². The minimum atomic E-state index is -0.822. The predicted molar refractivity (Wildman–Crippen MR) is 100 cm³/mol. The number of carboxylic acids is 1. The number of piperidine rings is 1. The molecule has 0 radical (unpaired) electrons. The molecule has 1 heterocycles. The normalized spacial score (nSPS) is 20.4. The van der Waals surface area contributed by atoms with Crippen molar-refractivity contribution in [1.29, 1.82) is 5.26 Å². The molecule has 26 heavy (non-hydrogen) atoms. The summed E-state index contributed by atoms with van der Waals surface area (Å²) in [6.07, 6.45) is 7.87. The van der Waals surface area contributed by atoms with Crippen LogP contribution in [0.5, 0.6) is 5.75 Å². The minimum Gasteiger partial charge on any atom is -0.490 e. The van der Waals surface area contributed by atoms with Crippen LogP contribution in [-0.2, 0) is 10.2 Å². The first-order chi connectivity index (χ1) is 12.6. The van der Waals surface area contributed by atoms with Gasteiger partial charge in [0.25, 0.3) is 0 Å². The second kappa shape index (κ2) is 7.92. The highest BCUT2D eigenvalue weighted by atomic mass is 16.5. The monoisotopic (exact) mass is 354 g/mol. The average molecular weight is 354 g/mol. The van der Waals surface area contributed by atoms with E-state index in [9.17, 15) is 10.1 Å². The number of hydrogen-bond acceptors (Lipinski definition) is 4. The first kappa shape index (κ1) is 18.5. The summed E-state index contributed by atoms with van der Waals surface area (Å²) in [7, 11) is 0. The Balaban J connectivity index is 1.81. The molecule has 0 spiro atoms. The van der Waals surface area contributed by atoms with Gasteiger partial charge in [-0.05, 0) is 50.2 Å². The zero-order valence-corrected chi connectivity index (χ0v) is 15.1. The zero-order chi connectivity index (χ0) is 18.6. The molecule has 1 saturated heterocycles. The molecule has 1 aliphatic heterocycles. The number of carbonyl (C=O) groups is 1. The second-order valence-electron chi connectivity index (χ2n) is 7.34. The third-order valence-corrected chi connectivity index (χ3v) is 5.66. The highest BCUT2D eigenvalue weighted by molar-refractivity contribution is 5.69. The Morgan fingerprint density at radius 2 is 2.08 bits per heavy atom. The number of benzene rings is 1. The Bertz CT molecular complexity index is 708. The topological polar surface area (TPSA) is 73.6 Å². The molecule has 1 N–H and O–H groups in total. The van der Waals surface area contributed by atoms with Crippen molar-refractivity contribution >= 4 is 12.0 Å². The van der Waals surface area contributed by atoms with Crippen LogP contribution in [0.4, 0.5) is 0 Å². The van der Waals surface area contributed by atoms with Crippen molar-refractivity contribution in [2.75, 3.05) is 19.6 Å². The number of ether oxygens (including phenoxy) is 1. The highest BCUT2D eigenvalue weighted by Gasteiger charge is 2.37. The van der Waals surface area contributed by atoms with E-state index in [4.69, 9.17) is 9.84 Å². The molecule has 1 saturated carbocycles. The van der Waals surface area contributed by atoms with E-state index in [2.05, 4.69) is 12.6 Å². The summed E-state index contributed by atoms with van der Waals surface area (Å²) >= 11 is 0. The van der Waals surface area contributed by atoms with E-state index in [0.29, 0.717) is 25.9 Å². The summed E-state index contributed by atoms with van der Waals surface area (Å²) in [6.45, 7) is 5.14. The number of nitriles is 1. The predicted octanol–water partition coefficient (Wildman–Crippen LogP) is 3.59. The minimum absolute atomic E-state index is 0.0347. The van der Waals surface area contributed by atoms with Gasteiger partial charge < -0.3 is 9.84 Å². The third-order valence-electron chi connectivity index (χ3n) is 5.66. The van der Waals surface area contributed by atoms with Crippen molar-refractivity contribution in [3.8, 4) is 11.8 Å². The van der Waals surface area contributed by atoms with Gasteiger partial charge in [0.05, 0.1) is 24.1 Å². The van der Waals surface area contributed by atoms with Crippen LogP contribution in [0.1, 0.15) is 49.7 Å². The van der Waals surface area contributed by atoms with Gasteiger partial charge in [-0.25, -0.2) is 0 Å². The lowest BCUT2D eigenvalue weighted by atomic mass is 9.73. The van der Waals surface area contributed by atoms with Crippen LogP contribution in [0.2, 0.25) is 0 Å². The quantitative estimate of drug-likeness (QED) is 0.845. The van der Waals surface area contributed by atoms with E-state index in [1.54, 1.807) is 6.08 Å². The number of likely N-dealkylation sites (tertiary alicyclic amines) is 1. The fourth-order valence-electron chi connectivity index (χ4n) is 4.04. The molecular formula is C21H26N2O3. The third kappa shape index (κ3) is 3.91. The van der Waals surface area contributed by atoms with Crippen molar-refractivity contribution in [3.05, 3.63) is 35.9 Å². The molecule has 1 aromatic carbocycles. The molecule has 0 unspecified atom stereocenters. The second-order valence-corrected chi connectivity index (χ2v) is 7.34. The van der Waals surface area contributed by atoms with Gasteiger partial charge in [0.1, 0.15) is 5.75 Å². The molecule has 1 aliphatic carbocycles. The van der Waals surface area contributed by atoms with E-state index in [1.807, 2.05) is 23.1 Å². The number of nitrogens with zero attached hydrogens (tertiary/aromatic N) is 2. The van der Waals surface area contributed by atoms with Crippen LogP contribution in [0.25, 0.3) is 6.08 Å². The number of rotatable bonds is 6. The van der Waals surface area contributed by atoms with E-state index < -0.39 is 11.4 Å². The van der Waals surface area contributed by atoms with Crippen molar-refractivity contribution in [2.45, 2.75) is 50.0 Å². The lowest BCUT2D eigenvalue weighted by molar-refractivity contribution is -0.138. The van der Waals surface area contributed by atoms with Crippen LogP contribution < -0.4 is 4.74 Å². The summed E-state index contributed by atoms with van der Waals surface area (Å²) in [5, 5.41) is 18.9. The smallest absolute Gasteiger partial charge is 0.317 e. The Hall–Kier alpha value is -2.32. The fraction of sp³-hybridized carbons (Fsp3) is 0.524. The van der Waals surface area contributed by atoms with E-state index in [0.717, 1.165) is 29.7 Å². The largest absolute Gasteiger partial charge is 0.490 e. The molecule has 0 atom stereocenters. The number of carboxylic acid groups (broad SMARTS) is 1. The highest BCUT2D eigenvalue weighted by Crippen LogP contribution is 2.38. The summed E-state index contributed by atoms with van der Waals surface area (Å²) in [4.78, 5) is 12.8. The average Bonchev–Trinajstić information content (AvgIpc) is 3.15. The zero-order valence-electron chi connectivity index (χ0n) is 15.1. The maximum atomic E-state index is 10.9. The Kier molecular flexibility index (Phi) is 5.63. The van der Waals surface area contributed by atoms with Gasteiger partial charge in [-0.2, -0.15) is 5.26 Å². The Morgan fingerprint density at radius 1 is 1.38 bits per heavy atom. The molecule has 138 valence electrons. The maximum Gasteiger partial charge on any atom is 0.317 e. The van der Waals surface area contributed by atoms with Gasteiger partial charge in [0, 0.05) is 18.7 Å². The van der Waals surface area contributed by atoms with Gasteiger partial charge >= 0.3 is 5.97 Å². The molecule has 0 amide bonds. The first-order valence-corrected chi connectivity index (χ1v) is 9.35. The molecular weight excluding hydrogens is 328 g/mol. The molecule has 1 aromatic rings. The van der Waals surface area contributed by atoms with Crippen LogP contribution in [-0.4, -0.2) is 41.7 Å². The van der Waals surface area contributed by atoms with Gasteiger partial charge in [0.15, 0.2) is 0 Å². The van der Waals surface area contributed by atoms with Gasteiger partial charge in [-0.1, -0.05) is 24.8 Å².